The van der Waals surface area contributed by atoms with Gasteiger partial charge in [0.05, 0.1) is 0 Å². The number of nitrogens with zero attached hydrogens (tertiary/aromatic N) is 1. The molecule has 2 amide bonds. The van der Waals surface area contributed by atoms with Crippen LogP contribution in [0.3, 0.4) is 0 Å². The Morgan fingerprint density at radius 2 is 2.04 bits per heavy atom. The largest absolute Gasteiger partial charge is 0.471 e. The maximum atomic E-state index is 12.6. The van der Waals surface area contributed by atoms with Gasteiger partial charge in [-0.1, -0.05) is 18.2 Å². The maximum absolute atomic E-state index is 12.6. The topological polar surface area (TPSA) is 65.2 Å². The molecular weight excluding hydrogens is 335 g/mol. The van der Waals surface area contributed by atoms with E-state index in [0.717, 1.165) is 16.5 Å². The molecule has 3 rings (SSSR count). The summed E-state index contributed by atoms with van der Waals surface area (Å²) in [7, 11) is 0. The van der Waals surface area contributed by atoms with E-state index in [-0.39, 0.29) is 13.0 Å². The van der Waals surface area contributed by atoms with Gasteiger partial charge in [0, 0.05) is 30.2 Å². The van der Waals surface area contributed by atoms with E-state index in [0.29, 0.717) is 24.3 Å². The zero-order valence-corrected chi connectivity index (χ0v) is 13.4. The molecule has 1 aromatic carbocycles. The summed E-state index contributed by atoms with van der Waals surface area (Å²) in [5.41, 5.74) is 2.01. The van der Waals surface area contributed by atoms with Crippen LogP contribution >= 0.6 is 0 Å². The Balaban J connectivity index is 1.58. The van der Waals surface area contributed by atoms with Crippen molar-refractivity contribution in [3.05, 3.63) is 36.0 Å². The number of rotatable bonds is 4. The van der Waals surface area contributed by atoms with Gasteiger partial charge in [-0.15, -0.1) is 0 Å². The number of halogens is 3. The Hall–Kier alpha value is -2.51. The van der Waals surface area contributed by atoms with Gasteiger partial charge < -0.3 is 15.2 Å². The second-order valence-corrected chi connectivity index (χ2v) is 6.05. The highest BCUT2D eigenvalue weighted by Crippen LogP contribution is 2.25. The highest BCUT2D eigenvalue weighted by molar-refractivity contribution is 5.90. The number of aromatic amines is 1. The number of aromatic nitrogens is 1. The molecule has 25 heavy (non-hydrogen) atoms. The summed E-state index contributed by atoms with van der Waals surface area (Å²) in [5, 5.41) is 3.70. The van der Waals surface area contributed by atoms with Crippen molar-refractivity contribution in [2.24, 2.45) is 0 Å². The molecule has 1 aromatic heterocycles. The van der Waals surface area contributed by atoms with Crippen LogP contribution in [0.15, 0.2) is 30.5 Å². The Kier molecular flexibility index (Phi) is 4.69. The molecule has 0 spiro atoms. The normalized spacial score (nSPS) is 17.9. The number of amides is 2. The van der Waals surface area contributed by atoms with Crippen LogP contribution in [0.25, 0.3) is 10.9 Å². The third-order valence-corrected chi connectivity index (χ3v) is 4.43. The highest BCUT2D eigenvalue weighted by atomic mass is 19.4. The first kappa shape index (κ1) is 17.3. The van der Waals surface area contributed by atoms with Crippen molar-refractivity contribution < 1.29 is 22.8 Å². The van der Waals surface area contributed by atoms with Crippen molar-refractivity contribution in [2.45, 2.75) is 31.5 Å². The van der Waals surface area contributed by atoms with E-state index in [1.807, 2.05) is 30.5 Å². The zero-order chi connectivity index (χ0) is 18.0. The number of likely N-dealkylation sites (tertiary alicyclic amines) is 1. The van der Waals surface area contributed by atoms with Crippen molar-refractivity contribution in [2.75, 3.05) is 13.1 Å². The van der Waals surface area contributed by atoms with E-state index in [4.69, 9.17) is 0 Å². The molecule has 2 aromatic rings. The first-order valence-electron chi connectivity index (χ1n) is 8.08. The van der Waals surface area contributed by atoms with Crippen LogP contribution < -0.4 is 5.32 Å². The smallest absolute Gasteiger partial charge is 0.361 e. The molecule has 1 aliphatic heterocycles. The van der Waals surface area contributed by atoms with Gasteiger partial charge in [0.15, 0.2) is 0 Å². The lowest BCUT2D eigenvalue weighted by Crippen LogP contribution is -2.50. The molecule has 1 atom stereocenters. The van der Waals surface area contributed by atoms with Crippen molar-refractivity contribution in [3.63, 3.8) is 0 Å². The predicted molar refractivity (Wildman–Crippen MR) is 85.8 cm³/mol. The molecule has 0 aliphatic carbocycles. The quantitative estimate of drug-likeness (QED) is 0.886. The SMILES string of the molecule is O=C(NCCc1c[nH]c2ccccc12)C1CCCN1C(=O)C(F)(F)F. The van der Waals surface area contributed by atoms with Crippen LogP contribution in [0.2, 0.25) is 0 Å². The average Bonchev–Trinajstić information content (AvgIpc) is 3.20. The Morgan fingerprint density at radius 3 is 2.80 bits per heavy atom. The fraction of sp³-hybridized carbons (Fsp3) is 0.412. The van der Waals surface area contributed by atoms with E-state index in [9.17, 15) is 22.8 Å². The lowest BCUT2D eigenvalue weighted by atomic mass is 10.1. The van der Waals surface area contributed by atoms with Crippen LogP contribution in [0.4, 0.5) is 13.2 Å². The molecule has 134 valence electrons. The third-order valence-electron chi connectivity index (χ3n) is 4.43. The summed E-state index contributed by atoms with van der Waals surface area (Å²) in [4.78, 5) is 27.4. The summed E-state index contributed by atoms with van der Waals surface area (Å²) in [6.07, 6.45) is -1.91. The van der Waals surface area contributed by atoms with Gasteiger partial charge in [0.2, 0.25) is 5.91 Å². The fourth-order valence-corrected chi connectivity index (χ4v) is 3.22. The fourth-order valence-electron chi connectivity index (χ4n) is 3.22. The van der Waals surface area contributed by atoms with E-state index in [1.165, 1.54) is 0 Å². The third kappa shape index (κ3) is 3.62. The minimum Gasteiger partial charge on any atom is -0.361 e. The number of carbonyl (C=O) groups excluding carboxylic acids is 2. The van der Waals surface area contributed by atoms with E-state index in [2.05, 4.69) is 10.3 Å². The summed E-state index contributed by atoms with van der Waals surface area (Å²) < 4.78 is 37.8. The van der Waals surface area contributed by atoms with Gasteiger partial charge >= 0.3 is 12.1 Å². The van der Waals surface area contributed by atoms with Crippen LogP contribution in [-0.4, -0.2) is 47.0 Å². The van der Waals surface area contributed by atoms with Gasteiger partial charge in [-0.25, -0.2) is 0 Å². The van der Waals surface area contributed by atoms with Crippen LogP contribution in [0.1, 0.15) is 18.4 Å². The number of hydrogen-bond donors (Lipinski definition) is 2. The molecule has 2 heterocycles. The zero-order valence-electron chi connectivity index (χ0n) is 13.4. The first-order chi connectivity index (χ1) is 11.9. The molecule has 0 bridgehead atoms. The lowest BCUT2D eigenvalue weighted by molar-refractivity contribution is -0.186. The van der Waals surface area contributed by atoms with Gasteiger partial charge in [-0.2, -0.15) is 13.2 Å². The average molecular weight is 353 g/mol. The minimum absolute atomic E-state index is 0.0428. The minimum atomic E-state index is -4.95. The summed E-state index contributed by atoms with van der Waals surface area (Å²) in [6, 6.07) is 6.69. The van der Waals surface area contributed by atoms with Gasteiger partial charge in [-0.05, 0) is 30.9 Å². The standard InChI is InChI=1S/C17H18F3N3O2/c18-17(19,20)16(25)23-9-3-6-14(23)15(24)21-8-7-11-10-22-13-5-2-1-4-12(11)13/h1-2,4-5,10,14,22H,3,6-9H2,(H,21,24). The van der Waals surface area contributed by atoms with E-state index >= 15 is 0 Å². The summed E-state index contributed by atoms with van der Waals surface area (Å²) in [6.45, 7) is 0.254. The number of alkyl halides is 3. The molecule has 1 aliphatic rings. The monoisotopic (exact) mass is 353 g/mol. The molecule has 8 heteroatoms. The second kappa shape index (κ2) is 6.78. The maximum Gasteiger partial charge on any atom is 0.471 e. The molecule has 5 nitrogen and oxygen atoms in total. The van der Waals surface area contributed by atoms with Crippen LogP contribution in [-0.2, 0) is 16.0 Å². The van der Waals surface area contributed by atoms with Gasteiger partial charge in [0.25, 0.3) is 0 Å². The molecule has 0 radical (unpaired) electrons. The molecule has 1 unspecified atom stereocenters. The Bertz CT molecular complexity index is 785. The van der Waals surface area contributed by atoms with Crippen molar-refractivity contribution >= 4 is 22.7 Å². The number of fused-ring (bicyclic) bond motifs is 1. The number of para-hydroxylation sites is 1. The second-order valence-electron chi connectivity index (χ2n) is 6.05. The Morgan fingerprint density at radius 1 is 1.28 bits per heavy atom. The Labute approximate surface area is 142 Å². The summed E-state index contributed by atoms with van der Waals surface area (Å²) >= 11 is 0. The molecule has 1 saturated heterocycles. The molecule has 1 fully saturated rings. The number of nitrogens with one attached hydrogen (secondary N) is 2. The van der Waals surface area contributed by atoms with Crippen LogP contribution in [0, 0.1) is 0 Å². The molecule has 2 N–H and O–H groups in total. The van der Waals surface area contributed by atoms with Crippen LogP contribution in [0.5, 0.6) is 0 Å². The van der Waals surface area contributed by atoms with Crippen molar-refractivity contribution in [1.29, 1.82) is 0 Å². The predicted octanol–water partition coefficient (Wildman–Crippen LogP) is 2.38. The number of hydrogen-bond acceptors (Lipinski definition) is 2. The molecular formula is C17H18F3N3O2. The van der Waals surface area contributed by atoms with Crippen molar-refractivity contribution in [1.82, 2.24) is 15.2 Å². The number of H-pyrrole nitrogens is 1. The van der Waals surface area contributed by atoms with Crippen molar-refractivity contribution in [3.8, 4) is 0 Å². The first-order valence-corrected chi connectivity index (χ1v) is 8.08. The summed E-state index contributed by atoms with van der Waals surface area (Å²) in [5.74, 6) is -2.48. The van der Waals surface area contributed by atoms with E-state index in [1.54, 1.807) is 0 Å². The molecule has 0 saturated carbocycles. The van der Waals surface area contributed by atoms with E-state index < -0.39 is 24.0 Å². The van der Waals surface area contributed by atoms with Gasteiger partial charge in [0.1, 0.15) is 6.04 Å². The lowest BCUT2D eigenvalue weighted by Gasteiger charge is -2.24. The highest BCUT2D eigenvalue weighted by Gasteiger charge is 2.47. The number of benzene rings is 1. The van der Waals surface area contributed by atoms with Gasteiger partial charge in [-0.3, -0.25) is 9.59 Å². The number of carbonyl (C=O) groups is 2.